The Hall–Kier alpha value is -3.92. The van der Waals surface area contributed by atoms with E-state index >= 15 is 0 Å². The first kappa shape index (κ1) is 20.7. The summed E-state index contributed by atoms with van der Waals surface area (Å²) < 4.78 is 19.3. The lowest BCUT2D eigenvalue weighted by atomic mass is 9.92. The van der Waals surface area contributed by atoms with Crippen LogP contribution in [0.15, 0.2) is 114 Å². The van der Waals surface area contributed by atoms with Crippen molar-refractivity contribution in [3.8, 4) is 11.5 Å². The lowest BCUT2D eigenvalue weighted by molar-refractivity contribution is 0.238. The van der Waals surface area contributed by atoms with Gasteiger partial charge in [-0.3, -0.25) is 15.0 Å². The minimum Gasteiger partial charge on any atom is -0.579 e. The number of hydrogen-bond donors (Lipinski definition) is 0. The summed E-state index contributed by atoms with van der Waals surface area (Å²) in [5, 5.41) is 1.97. The Kier molecular flexibility index (Phi) is 5.56. The van der Waals surface area contributed by atoms with Crippen molar-refractivity contribution in [2.45, 2.75) is 6.04 Å². The van der Waals surface area contributed by atoms with Gasteiger partial charge in [-0.15, -0.1) is 0 Å². The summed E-state index contributed by atoms with van der Waals surface area (Å²) in [5.41, 5.74) is 1.53. The molecule has 1 aliphatic carbocycles. The number of benzene rings is 2. The van der Waals surface area contributed by atoms with Gasteiger partial charge in [0.05, 0.1) is 5.76 Å². The van der Waals surface area contributed by atoms with E-state index in [-0.39, 0.29) is 12.0 Å². The van der Waals surface area contributed by atoms with E-state index in [4.69, 9.17) is 11.4 Å². The van der Waals surface area contributed by atoms with E-state index in [1.165, 1.54) is 0 Å². The van der Waals surface area contributed by atoms with Gasteiger partial charge >= 0.3 is 15.1 Å². The molecule has 164 valence electrons. The minimum absolute atomic E-state index is 0.131. The van der Waals surface area contributed by atoms with Crippen molar-refractivity contribution in [1.82, 2.24) is 9.97 Å². The van der Waals surface area contributed by atoms with Gasteiger partial charge in [0.1, 0.15) is 28.6 Å². The normalized spacial score (nSPS) is 18.4. The minimum atomic E-state index is -2.82. The molecular formula is C27H20AlN3O3. The third kappa shape index (κ3) is 4.08. The van der Waals surface area contributed by atoms with Gasteiger partial charge in [-0.05, 0) is 36.4 Å². The molecule has 0 spiro atoms. The van der Waals surface area contributed by atoms with Crippen LogP contribution in [0.5, 0.6) is 11.5 Å². The van der Waals surface area contributed by atoms with Crippen LogP contribution in [-0.4, -0.2) is 37.4 Å². The molecule has 2 unspecified atom stereocenters. The third-order valence-corrected chi connectivity index (χ3v) is 7.14. The second-order valence-corrected chi connectivity index (χ2v) is 9.25. The summed E-state index contributed by atoms with van der Waals surface area (Å²) in [6.45, 7) is 0. The molecule has 0 saturated heterocycles. The van der Waals surface area contributed by atoms with Gasteiger partial charge < -0.3 is 11.4 Å². The molecule has 4 aromatic rings. The van der Waals surface area contributed by atoms with Crippen molar-refractivity contribution in [1.29, 1.82) is 0 Å². The van der Waals surface area contributed by atoms with Crippen LogP contribution in [0.3, 0.4) is 0 Å². The van der Waals surface area contributed by atoms with Crippen LogP contribution in [0.25, 0.3) is 21.8 Å². The Morgan fingerprint density at radius 3 is 1.97 bits per heavy atom. The SMILES string of the molecule is C1=CC2C=CC=C([O][Al]([O]c3cccc4cccnc34)[O]c3cccc4cccnc34)C2N=C1. The fourth-order valence-electron chi connectivity index (χ4n) is 4.18. The molecule has 2 aliphatic rings. The first-order chi connectivity index (χ1) is 16.8. The molecule has 6 rings (SSSR count). The molecule has 34 heavy (non-hydrogen) atoms. The maximum Gasteiger partial charge on any atom is 1.20 e. The van der Waals surface area contributed by atoms with Crippen molar-refractivity contribution in [2.75, 3.05) is 0 Å². The first-order valence-corrected chi connectivity index (χ1v) is 12.5. The van der Waals surface area contributed by atoms with Gasteiger partial charge in [-0.2, -0.15) is 0 Å². The summed E-state index contributed by atoms with van der Waals surface area (Å²) in [4.78, 5) is 13.7. The Labute approximate surface area is 201 Å². The molecule has 0 bridgehead atoms. The topological polar surface area (TPSA) is 65.8 Å². The number of dihydropyridines is 1. The number of allylic oxidation sites excluding steroid dienone is 3. The predicted octanol–water partition coefficient (Wildman–Crippen LogP) is 5.32. The first-order valence-electron chi connectivity index (χ1n) is 11.1. The van der Waals surface area contributed by atoms with Gasteiger partial charge in [0, 0.05) is 35.3 Å². The molecule has 0 fully saturated rings. The highest BCUT2D eigenvalue weighted by atomic mass is 27.3. The number of aliphatic imine (C=N–C) groups is 1. The number of rotatable bonds is 6. The van der Waals surface area contributed by atoms with Gasteiger partial charge in [0.15, 0.2) is 0 Å². The molecule has 6 nitrogen and oxygen atoms in total. The third-order valence-electron chi connectivity index (χ3n) is 5.79. The molecule has 3 heterocycles. The van der Waals surface area contributed by atoms with Crippen LogP contribution in [0, 0.1) is 5.92 Å². The fraction of sp³-hybridized carbons (Fsp3) is 0.0741. The van der Waals surface area contributed by atoms with Crippen LogP contribution >= 0.6 is 0 Å². The number of para-hydroxylation sites is 2. The fourth-order valence-corrected chi connectivity index (χ4v) is 5.56. The Morgan fingerprint density at radius 2 is 1.29 bits per heavy atom. The largest absolute Gasteiger partial charge is 1.20 e. The zero-order valence-corrected chi connectivity index (χ0v) is 19.3. The van der Waals surface area contributed by atoms with Crippen molar-refractivity contribution < 1.29 is 11.4 Å². The number of fused-ring (bicyclic) bond motifs is 3. The monoisotopic (exact) mass is 461 g/mol. The standard InChI is InChI=1S/C9H9NO.2C9H7NO.Al/c3*11-8-5-1-3-7-4-2-6-10-9(7)8;/h1-7,9,11H;2*1-6,11H;/q;;;+3/p-3. The van der Waals surface area contributed by atoms with Gasteiger partial charge in [0.2, 0.25) is 0 Å². The lowest BCUT2D eigenvalue weighted by Gasteiger charge is -2.28. The van der Waals surface area contributed by atoms with E-state index < -0.39 is 15.1 Å². The molecule has 2 aromatic carbocycles. The number of pyridine rings is 2. The summed E-state index contributed by atoms with van der Waals surface area (Å²) in [5.74, 6) is 2.13. The zero-order valence-electron chi connectivity index (χ0n) is 18.2. The second-order valence-electron chi connectivity index (χ2n) is 7.96. The summed E-state index contributed by atoms with van der Waals surface area (Å²) in [6.07, 6.45) is 15.4. The Bertz CT molecular complexity index is 1390. The predicted molar refractivity (Wildman–Crippen MR) is 134 cm³/mol. The molecule has 0 amide bonds. The zero-order chi connectivity index (χ0) is 22.7. The summed E-state index contributed by atoms with van der Waals surface area (Å²) in [6, 6.07) is 19.4. The Balaban J connectivity index is 1.37. The highest BCUT2D eigenvalue weighted by molar-refractivity contribution is 6.39. The van der Waals surface area contributed by atoms with E-state index in [1.54, 1.807) is 18.6 Å². The molecule has 2 aromatic heterocycles. The molecule has 0 radical (unpaired) electrons. The maximum absolute atomic E-state index is 6.47. The van der Waals surface area contributed by atoms with E-state index in [1.807, 2.05) is 78.9 Å². The van der Waals surface area contributed by atoms with E-state index in [2.05, 4.69) is 27.1 Å². The quantitative estimate of drug-likeness (QED) is 0.364. The van der Waals surface area contributed by atoms with E-state index in [0.717, 1.165) is 27.6 Å². The summed E-state index contributed by atoms with van der Waals surface area (Å²) >= 11 is -2.82. The average Bonchev–Trinajstić information content (AvgIpc) is 2.89. The smallest absolute Gasteiger partial charge is 0.579 e. The average molecular weight is 461 g/mol. The number of nitrogens with zero attached hydrogens (tertiary/aromatic N) is 3. The van der Waals surface area contributed by atoms with Gasteiger partial charge in [-0.25, -0.2) is 0 Å². The number of aromatic nitrogens is 2. The van der Waals surface area contributed by atoms with Crippen molar-refractivity contribution in [3.05, 3.63) is 109 Å². The van der Waals surface area contributed by atoms with Gasteiger partial charge in [-0.1, -0.05) is 54.6 Å². The second kappa shape index (κ2) is 9.14. The molecule has 1 aliphatic heterocycles. The van der Waals surface area contributed by atoms with Crippen molar-refractivity contribution in [2.24, 2.45) is 10.9 Å². The van der Waals surface area contributed by atoms with Crippen molar-refractivity contribution in [3.63, 3.8) is 0 Å². The van der Waals surface area contributed by atoms with Crippen LogP contribution in [0.4, 0.5) is 0 Å². The highest BCUT2D eigenvalue weighted by Crippen LogP contribution is 2.30. The summed E-state index contributed by atoms with van der Waals surface area (Å²) in [7, 11) is 0. The molecular weight excluding hydrogens is 441 g/mol. The van der Waals surface area contributed by atoms with E-state index in [9.17, 15) is 0 Å². The van der Waals surface area contributed by atoms with E-state index in [0.29, 0.717) is 11.5 Å². The molecule has 2 atom stereocenters. The Morgan fingerprint density at radius 1 is 0.676 bits per heavy atom. The van der Waals surface area contributed by atoms with Gasteiger partial charge in [0.25, 0.3) is 0 Å². The molecule has 7 heteroatoms. The van der Waals surface area contributed by atoms with Crippen molar-refractivity contribution >= 4 is 43.2 Å². The van der Waals surface area contributed by atoms with Crippen LogP contribution in [0.1, 0.15) is 0 Å². The lowest BCUT2D eigenvalue weighted by Crippen LogP contribution is -2.37. The van der Waals surface area contributed by atoms with Crippen LogP contribution in [0.2, 0.25) is 0 Å². The molecule has 0 N–H and O–H groups in total. The maximum atomic E-state index is 6.47. The molecule has 0 saturated carbocycles. The van der Waals surface area contributed by atoms with Crippen LogP contribution in [-0.2, 0) is 3.79 Å². The number of hydrogen-bond acceptors (Lipinski definition) is 6. The van der Waals surface area contributed by atoms with Crippen LogP contribution < -0.4 is 7.58 Å². The highest BCUT2D eigenvalue weighted by Gasteiger charge is 2.47.